The van der Waals surface area contributed by atoms with E-state index >= 15 is 0 Å². The van der Waals surface area contributed by atoms with Gasteiger partial charge in [-0.15, -0.1) is 0 Å². The van der Waals surface area contributed by atoms with Gasteiger partial charge in [-0.05, 0) is 25.7 Å². The zero-order valence-corrected chi connectivity index (χ0v) is 8.84. The molecule has 0 aliphatic heterocycles. The van der Waals surface area contributed by atoms with E-state index in [0.717, 1.165) is 26.1 Å². The lowest BCUT2D eigenvalue weighted by atomic mass is 9.96. The summed E-state index contributed by atoms with van der Waals surface area (Å²) in [5.41, 5.74) is 0. The van der Waals surface area contributed by atoms with Crippen molar-refractivity contribution >= 4 is 5.78 Å². The van der Waals surface area contributed by atoms with Gasteiger partial charge < -0.3 is 14.3 Å². The topological polar surface area (TPSA) is 35.5 Å². The van der Waals surface area contributed by atoms with Gasteiger partial charge in [-0.25, -0.2) is 0 Å². The minimum absolute atomic E-state index is 0.247. The Morgan fingerprint density at radius 2 is 1.62 bits per heavy atom. The molecule has 0 heterocycles. The number of ether oxygens (including phenoxy) is 2. The molecule has 0 atom stereocenters. The molecule has 0 aromatic carbocycles. The average molecular weight is 188 g/mol. The number of rotatable bonds is 8. The molecule has 0 rings (SSSR count). The minimum Gasteiger partial charge on any atom is -0.385 e. The summed E-state index contributed by atoms with van der Waals surface area (Å²) in [5.74, 6) is 0.662. The summed E-state index contributed by atoms with van der Waals surface area (Å²) in [6.07, 6.45) is 2.53. The normalized spacial score (nSPS) is 10.8. The van der Waals surface area contributed by atoms with Crippen molar-refractivity contribution in [2.75, 3.05) is 27.4 Å². The number of carbonyl (C=O) groups is 1. The molecule has 0 fully saturated rings. The van der Waals surface area contributed by atoms with Crippen LogP contribution >= 0.6 is 0 Å². The van der Waals surface area contributed by atoms with E-state index in [2.05, 4.69) is 0 Å². The third-order valence-corrected chi connectivity index (χ3v) is 2.04. The van der Waals surface area contributed by atoms with Gasteiger partial charge in [0, 0.05) is 33.9 Å². The van der Waals surface area contributed by atoms with Crippen LogP contribution in [-0.2, 0) is 14.3 Å². The second kappa shape index (κ2) is 8.20. The van der Waals surface area contributed by atoms with Crippen LogP contribution in [0.3, 0.4) is 0 Å². The van der Waals surface area contributed by atoms with Crippen molar-refractivity contribution in [3.63, 3.8) is 0 Å². The Hall–Kier alpha value is -0.410. The Morgan fingerprint density at radius 3 is 1.92 bits per heavy atom. The van der Waals surface area contributed by atoms with Crippen LogP contribution in [0.25, 0.3) is 0 Å². The first-order valence-electron chi connectivity index (χ1n) is 4.68. The zero-order chi connectivity index (χ0) is 10.1. The zero-order valence-electron chi connectivity index (χ0n) is 8.84. The molecule has 0 unspecified atom stereocenters. The maximum atomic E-state index is 10.9. The van der Waals surface area contributed by atoms with Crippen LogP contribution in [0.2, 0.25) is 0 Å². The van der Waals surface area contributed by atoms with Gasteiger partial charge in [-0.1, -0.05) is 0 Å². The highest BCUT2D eigenvalue weighted by Crippen LogP contribution is 2.13. The molecule has 0 saturated carbocycles. The molecule has 3 heteroatoms. The van der Waals surface area contributed by atoms with Gasteiger partial charge in [0.25, 0.3) is 0 Å². The van der Waals surface area contributed by atoms with Crippen molar-refractivity contribution < 1.29 is 14.3 Å². The molecule has 0 aromatic rings. The van der Waals surface area contributed by atoms with E-state index in [4.69, 9.17) is 9.47 Å². The van der Waals surface area contributed by atoms with Gasteiger partial charge in [0.05, 0.1) is 0 Å². The van der Waals surface area contributed by atoms with Gasteiger partial charge in [0.15, 0.2) is 0 Å². The smallest absolute Gasteiger partial charge is 0.130 e. The first-order chi connectivity index (χ1) is 6.20. The molecule has 0 saturated heterocycles. The van der Waals surface area contributed by atoms with Gasteiger partial charge in [0.2, 0.25) is 0 Å². The second-order valence-electron chi connectivity index (χ2n) is 3.34. The molecule has 13 heavy (non-hydrogen) atoms. The third-order valence-electron chi connectivity index (χ3n) is 2.04. The highest BCUT2D eigenvalue weighted by Gasteiger charge is 2.10. The highest BCUT2D eigenvalue weighted by molar-refractivity contribution is 5.75. The molecule has 0 radical (unpaired) electrons. The van der Waals surface area contributed by atoms with E-state index in [1.54, 1.807) is 21.1 Å². The average Bonchev–Trinajstić information content (AvgIpc) is 2.09. The number of ketones is 1. The Kier molecular flexibility index (Phi) is 7.94. The fraction of sp³-hybridized carbons (Fsp3) is 0.900. The standard InChI is InChI=1S/C10H20O3/c1-9(11)8-10(4-6-12-2)5-7-13-3/h10H,4-8H2,1-3H3. The lowest BCUT2D eigenvalue weighted by Crippen LogP contribution is -2.11. The quantitative estimate of drug-likeness (QED) is 0.581. The van der Waals surface area contributed by atoms with E-state index in [0.29, 0.717) is 12.3 Å². The molecule has 0 aliphatic carbocycles. The minimum atomic E-state index is 0.247. The molecule has 0 spiro atoms. The van der Waals surface area contributed by atoms with Crippen LogP contribution in [0.1, 0.15) is 26.2 Å². The molecule has 3 nitrogen and oxygen atoms in total. The number of hydrogen-bond acceptors (Lipinski definition) is 3. The first-order valence-corrected chi connectivity index (χ1v) is 4.68. The molecular weight excluding hydrogens is 168 g/mol. The van der Waals surface area contributed by atoms with Crippen LogP contribution < -0.4 is 0 Å². The summed E-state index contributed by atoms with van der Waals surface area (Å²) >= 11 is 0. The van der Waals surface area contributed by atoms with Crippen LogP contribution in [0.4, 0.5) is 0 Å². The summed E-state index contributed by atoms with van der Waals surface area (Å²) in [7, 11) is 3.36. The summed E-state index contributed by atoms with van der Waals surface area (Å²) in [6, 6.07) is 0. The van der Waals surface area contributed by atoms with Crippen molar-refractivity contribution in [1.29, 1.82) is 0 Å². The Bertz CT molecular complexity index is 126. The van der Waals surface area contributed by atoms with Crippen molar-refractivity contribution in [3.8, 4) is 0 Å². The molecular formula is C10H20O3. The Balaban J connectivity index is 3.66. The molecule has 0 aromatic heterocycles. The number of methoxy groups -OCH3 is 2. The fourth-order valence-corrected chi connectivity index (χ4v) is 1.32. The van der Waals surface area contributed by atoms with Gasteiger partial charge in [-0.3, -0.25) is 0 Å². The predicted molar refractivity (Wildman–Crippen MR) is 51.8 cm³/mol. The van der Waals surface area contributed by atoms with E-state index in [1.165, 1.54) is 0 Å². The van der Waals surface area contributed by atoms with Crippen molar-refractivity contribution in [2.24, 2.45) is 5.92 Å². The van der Waals surface area contributed by atoms with Crippen LogP contribution in [0.5, 0.6) is 0 Å². The lowest BCUT2D eigenvalue weighted by Gasteiger charge is -2.13. The van der Waals surface area contributed by atoms with Crippen LogP contribution in [0.15, 0.2) is 0 Å². The van der Waals surface area contributed by atoms with Gasteiger partial charge >= 0.3 is 0 Å². The van der Waals surface area contributed by atoms with Crippen molar-refractivity contribution in [1.82, 2.24) is 0 Å². The van der Waals surface area contributed by atoms with E-state index in [-0.39, 0.29) is 5.78 Å². The van der Waals surface area contributed by atoms with E-state index < -0.39 is 0 Å². The number of hydrogen-bond donors (Lipinski definition) is 0. The number of carbonyl (C=O) groups excluding carboxylic acids is 1. The molecule has 0 bridgehead atoms. The van der Waals surface area contributed by atoms with Crippen LogP contribution in [0, 0.1) is 5.92 Å². The Labute approximate surface area is 80.4 Å². The SMILES string of the molecule is COCCC(CCOC)CC(C)=O. The second-order valence-corrected chi connectivity index (χ2v) is 3.34. The van der Waals surface area contributed by atoms with Crippen LogP contribution in [-0.4, -0.2) is 33.2 Å². The summed E-state index contributed by atoms with van der Waals surface area (Å²) in [5, 5.41) is 0. The lowest BCUT2D eigenvalue weighted by molar-refractivity contribution is -0.118. The summed E-state index contributed by atoms with van der Waals surface area (Å²) < 4.78 is 9.96. The Morgan fingerprint density at radius 1 is 1.15 bits per heavy atom. The summed E-state index contributed by atoms with van der Waals surface area (Å²) in [4.78, 5) is 10.9. The molecule has 78 valence electrons. The van der Waals surface area contributed by atoms with Gasteiger partial charge in [-0.2, -0.15) is 0 Å². The highest BCUT2D eigenvalue weighted by atomic mass is 16.5. The first kappa shape index (κ1) is 12.6. The summed E-state index contributed by atoms with van der Waals surface area (Å²) in [6.45, 7) is 3.08. The third kappa shape index (κ3) is 7.94. The fourth-order valence-electron chi connectivity index (χ4n) is 1.32. The predicted octanol–water partition coefficient (Wildman–Crippen LogP) is 1.65. The largest absolute Gasteiger partial charge is 0.385 e. The van der Waals surface area contributed by atoms with Crippen molar-refractivity contribution in [2.45, 2.75) is 26.2 Å². The van der Waals surface area contributed by atoms with Gasteiger partial charge in [0.1, 0.15) is 5.78 Å². The molecule has 0 N–H and O–H groups in total. The van der Waals surface area contributed by atoms with Crippen molar-refractivity contribution in [3.05, 3.63) is 0 Å². The monoisotopic (exact) mass is 188 g/mol. The van der Waals surface area contributed by atoms with E-state index in [1.807, 2.05) is 0 Å². The maximum Gasteiger partial charge on any atom is 0.130 e. The maximum absolute atomic E-state index is 10.9. The van der Waals surface area contributed by atoms with E-state index in [9.17, 15) is 4.79 Å². The molecule has 0 aliphatic rings. The number of Topliss-reactive ketones (excluding diaryl/α,β-unsaturated/α-hetero) is 1. The molecule has 0 amide bonds.